The molecule has 2 aromatic rings. The fraction of sp³-hybridized carbons (Fsp3) is 0.250. The Morgan fingerprint density at radius 2 is 2.06 bits per heavy atom. The summed E-state index contributed by atoms with van der Waals surface area (Å²) < 4.78 is 1.84. The van der Waals surface area contributed by atoms with E-state index in [0.29, 0.717) is 5.02 Å². The van der Waals surface area contributed by atoms with Crippen molar-refractivity contribution in [2.45, 2.75) is 19.9 Å². The van der Waals surface area contributed by atoms with Gasteiger partial charge in [-0.3, -0.25) is 14.6 Å². The normalized spacial score (nSPS) is 11.0. The van der Waals surface area contributed by atoms with Crippen LogP contribution in [0.15, 0.2) is 35.1 Å². The third-order valence-corrected chi connectivity index (χ3v) is 2.63. The third-order valence-electron chi connectivity index (χ3n) is 2.39. The van der Waals surface area contributed by atoms with Gasteiger partial charge >= 0.3 is 0 Å². The highest BCUT2D eigenvalue weighted by atomic mass is 35.5. The van der Waals surface area contributed by atoms with Crippen molar-refractivity contribution in [1.82, 2.24) is 9.78 Å². The summed E-state index contributed by atoms with van der Waals surface area (Å²) in [5, 5.41) is 3.45. The molecular formula is C12H13ClN2O. The fourth-order valence-electron chi connectivity index (χ4n) is 1.68. The van der Waals surface area contributed by atoms with E-state index in [1.54, 1.807) is 6.07 Å². The quantitative estimate of drug-likeness (QED) is 0.855. The molecule has 1 heterocycles. The van der Waals surface area contributed by atoms with Crippen LogP contribution in [-0.4, -0.2) is 9.78 Å². The zero-order valence-corrected chi connectivity index (χ0v) is 9.95. The standard InChI is InChI=1S/C12H13ClN2O/c1-8(2)15-11(7-12(16)14-15)9-4-3-5-10(13)6-9/h3-8H,1-2H3,(H,14,16). The van der Waals surface area contributed by atoms with Crippen LogP contribution in [0, 0.1) is 0 Å². The van der Waals surface area contributed by atoms with Gasteiger partial charge in [0.25, 0.3) is 5.56 Å². The molecule has 2 rings (SSSR count). The Bertz CT molecular complexity index is 554. The predicted octanol–water partition coefficient (Wildman–Crippen LogP) is 3.08. The molecule has 0 aliphatic heterocycles. The van der Waals surface area contributed by atoms with Crippen LogP contribution in [0.3, 0.4) is 0 Å². The summed E-state index contributed by atoms with van der Waals surface area (Å²) in [6, 6.07) is 9.27. The van der Waals surface area contributed by atoms with E-state index >= 15 is 0 Å². The first-order valence-electron chi connectivity index (χ1n) is 5.15. The van der Waals surface area contributed by atoms with Crippen molar-refractivity contribution in [3.8, 4) is 11.3 Å². The molecule has 0 aliphatic rings. The zero-order chi connectivity index (χ0) is 11.7. The van der Waals surface area contributed by atoms with Gasteiger partial charge in [-0.1, -0.05) is 23.7 Å². The van der Waals surface area contributed by atoms with Crippen LogP contribution >= 0.6 is 11.6 Å². The van der Waals surface area contributed by atoms with Crippen LogP contribution in [0.4, 0.5) is 0 Å². The first-order chi connectivity index (χ1) is 7.58. The lowest BCUT2D eigenvalue weighted by molar-refractivity contribution is 0.534. The van der Waals surface area contributed by atoms with Gasteiger partial charge < -0.3 is 0 Å². The van der Waals surface area contributed by atoms with Crippen molar-refractivity contribution in [1.29, 1.82) is 0 Å². The summed E-state index contributed by atoms with van der Waals surface area (Å²) >= 11 is 5.94. The predicted molar refractivity (Wildman–Crippen MR) is 65.9 cm³/mol. The lowest BCUT2D eigenvalue weighted by atomic mass is 10.1. The molecule has 0 atom stereocenters. The highest BCUT2D eigenvalue weighted by Crippen LogP contribution is 2.23. The van der Waals surface area contributed by atoms with Gasteiger partial charge in [-0.2, -0.15) is 0 Å². The number of hydrogen-bond donors (Lipinski definition) is 1. The maximum absolute atomic E-state index is 11.4. The molecule has 1 N–H and O–H groups in total. The number of halogens is 1. The molecule has 0 saturated heterocycles. The Hall–Kier alpha value is -1.48. The maximum Gasteiger partial charge on any atom is 0.264 e. The second-order valence-corrected chi connectivity index (χ2v) is 4.42. The third kappa shape index (κ3) is 2.04. The van der Waals surface area contributed by atoms with Gasteiger partial charge in [0, 0.05) is 22.7 Å². The van der Waals surface area contributed by atoms with Crippen molar-refractivity contribution in [2.24, 2.45) is 0 Å². The largest absolute Gasteiger partial charge is 0.282 e. The number of nitrogens with one attached hydrogen (secondary N) is 1. The number of rotatable bonds is 2. The van der Waals surface area contributed by atoms with Crippen molar-refractivity contribution >= 4 is 11.6 Å². The fourth-order valence-corrected chi connectivity index (χ4v) is 1.87. The minimum Gasteiger partial charge on any atom is -0.282 e. The summed E-state index contributed by atoms with van der Waals surface area (Å²) in [7, 11) is 0. The summed E-state index contributed by atoms with van der Waals surface area (Å²) in [5.41, 5.74) is 1.71. The van der Waals surface area contributed by atoms with Gasteiger partial charge in [0.2, 0.25) is 0 Å². The molecule has 0 radical (unpaired) electrons. The monoisotopic (exact) mass is 236 g/mol. The molecule has 0 unspecified atom stereocenters. The van der Waals surface area contributed by atoms with E-state index in [2.05, 4.69) is 5.10 Å². The molecule has 1 aromatic carbocycles. The molecule has 4 heteroatoms. The van der Waals surface area contributed by atoms with Gasteiger partial charge in [0.1, 0.15) is 0 Å². The van der Waals surface area contributed by atoms with Crippen molar-refractivity contribution in [2.75, 3.05) is 0 Å². The van der Waals surface area contributed by atoms with Gasteiger partial charge in [-0.05, 0) is 26.0 Å². The minimum atomic E-state index is -0.0938. The van der Waals surface area contributed by atoms with Gasteiger partial charge in [0.05, 0.1) is 5.69 Å². The highest BCUT2D eigenvalue weighted by molar-refractivity contribution is 6.30. The van der Waals surface area contributed by atoms with E-state index in [-0.39, 0.29) is 11.6 Å². The smallest absolute Gasteiger partial charge is 0.264 e. The maximum atomic E-state index is 11.4. The van der Waals surface area contributed by atoms with Crippen LogP contribution in [0.2, 0.25) is 5.02 Å². The molecule has 1 aromatic heterocycles. The Morgan fingerprint density at radius 3 is 2.69 bits per heavy atom. The summed E-state index contributed by atoms with van der Waals surface area (Å²) in [4.78, 5) is 11.4. The highest BCUT2D eigenvalue weighted by Gasteiger charge is 2.09. The van der Waals surface area contributed by atoms with Crippen LogP contribution in [0.25, 0.3) is 11.3 Å². The average Bonchev–Trinajstić information content (AvgIpc) is 2.60. The first kappa shape index (κ1) is 11.0. The summed E-state index contributed by atoms with van der Waals surface area (Å²) in [6.45, 7) is 4.04. The molecule has 3 nitrogen and oxygen atoms in total. The molecule has 0 spiro atoms. The Labute approximate surface area is 98.7 Å². The number of hydrogen-bond acceptors (Lipinski definition) is 1. The molecular weight excluding hydrogens is 224 g/mol. The van der Waals surface area contributed by atoms with E-state index in [1.165, 1.54) is 0 Å². The van der Waals surface area contributed by atoms with E-state index in [9.17, 15) is 4.79 Å². The lowest BCUT2D eigenvalue weighted by Crippen LogP contribution is -2.08. The topological polar surface area (TPSA) is 37.8 Å². The number of benzene rings is 1. The SMILES string of the molecule is CC(C)n1[nH]c(=O)cc1-c1cccc(Cl)c1. The second-order valence-electron chi connectivity index (χ2n) is 3.98. The van der Waals surface area contributed by atoms with Gasteiger partial charge in [0.15, 0.2) is 0 Å². The van der Waals surface area contributed by atoms with Gasteiger partial charge in [-0.25, -0.2) is 0 Å². The van der Waals surface area contributed by atoms with Gasteiger partial charge in [-0.15, -0.1) is 0 Å². The molecule has 0 aliphatic carbocycles. The Morgan fingerprint density at radius 1 is 1.31 bits per heavy atom. The lowest BCUT2D eigenvalue weighted by Gasteiger charge is -2.11. The zero-order valence-electron chi connectivity index (χ0n) is 9.20. The van der Waals surface area contributed by atoms with Crippen LogP contribution < -0.4 is 5.56 Å². The number of aromatic amines is 1. The molecule has 0 amide bonds. The minimum absolute atomic E-state index is 0.0938. The number of nitrogens with zero attached hydrogens (tertiary/aromatic N) is 1. The number of aromatic nitrogens is 2. The average molecular weight is 237 g/mol. The van der Waals surface area contributed by atoms with Crippen LogP contribution in [0.5, 0.6) is 0 Å². The Kier molecular flexibility index (Phi) is 2.88. The van der Waals surface area contributed by atoms with E-state index in [0.717, 1.165) is 11.3 Å². The number of H-pyrrole nitrogens is 1. The van der Waals surface area contributed by atoms with E-state index in [1.807, 2.05) is 42.8 Å². The van der Waals surface area contributed by atoms with Crippen LogP contribution in [0.1, 0.15) is 19.9 Å². The molecule has 84 valence electrons. The molecule has 0 fully saturated rings. The molecule has 0 saturated carbocycles. The Balaban J connectivity index is 2.59. The molecule has 16 heavy (non-hydrogen) atoms. The first-order valence-corrected chi connectivity index (χ1v) is 5.53. The second kappa shape index (κ2) is 4.18. The van der Waals surface area contributed by atoms with Crippen LogP contribution in [-0.2, 0) is 0 Å². The van der Waals surface area contributed by atoms with E-state index in [4.69, 9.17) is 11.6 Å². The summed E-state index contributed by atoms with van der Waals surface area (Å²) in [5.74, 6) is 0. The van der Waals surface area contributed by atoms with E-state index < -0.39 is 0 Å². The van der Waals surface area contributed by atoms with Crippen molar-refractivity contribution in [3.05, 3.63) is 45.7 Å². The summed E-state index contributed by atoms with van der Waals surface area (Å²) in [6.07, 6.45) is 0. The van der Waals surface area contributed by atoms with Crippen molar-refractivity contribution < 1.29 is 0 Å². The van der Waals surface area contributed by atoms with Crippen molar-refractivity contribution in [3.63, 3.8) is 0 Å². The molecule has 0 bridgehead atoms.